The van der Waals surface area contributed by atoms with Crippen molar-refractivity contribution >= 4 is 39.1 Å². The summed E-state index contributed by atoms with van der Waals surface area (Å²) < 4.78 is 28.9. The zero-order valence-corrected chi connectivity index (χ0v) is 25.0. The van der Waals surface area contributed by atoms with Gasteiger partial charge >= 0.3 is 0 Å². The van der Waals surface area contributed by atoms with Crippen LogP contribution < -0.4 is 9.62 Å². The Morgan fingerprint density at radius 1 is 0.786 bits per heavy atom. The van der Waals surface area contributed by atoms with Crippen LogP contribution in [0.3, 0.4) is 0 Å². The molecule has 0 saturated carbocycles. The number of hydrogen-bond donors (Lipinski definition) is 1. The highest BCUT2D eigenvalue weighted by Gasteiger charge is 2.34. The van der Waals surface area contributed by atoms with Gasteiger partial charge in [-0.05, 0) is 53.9 Å². The summed E-state index contributed by atoms with van der Waals surface area (Å²) in [5.74, 6) is -0.801. The number of nitrogens with one attached hydrogen (secondary N) is 1. The van der Waals surface area contributed by atoms with Crippen LogP contribution in [0.5, 0.6) is 0 Å². The predicted octanol–water partition coefficient (Wildman–Crippen LogP) is 5.70. The fraction of sp³-hybridized carbons (Fsp3) is 0.212. The first-order chi connectivity index (χ1) is 20.3. The first-order valence-electron chi connectivity index (χ1n) is 13.8. The van der Waals surface area contributed by atoms with E-state index in [1.807, 2.05) is 67.6 Å². The lowest BCUT2D eigenvalue weighted by atomic mass is 10.0. The zero-order valence-electron chi connectivity index (χ0n) is 23.4. The van der Waals surface area contributed by atoms with Gasteiger partial charge < -0.3 is 10.2 Å². The van der Waals surface area contributed by atoms with Crippen LogP contribution in [0.25, 0.3) is 0 Å². The van der Waals surface area contributed by atoms with Crippen molar-refractivity contribution in [1.82, 2.24) is 10.2 Å². The molecule has 2 amide bonds. The summed E-state index contributed by atoms with van der Waals surface area (Å²) in [6.07, 6.45) is 1.00. The zero-order chi connectivity index (χ0) is 30.0. The van der Waals surface area contributed by atoms with Gasteiger partial charge in [0.1, 0.15) is 12.6 Å². The fourth-order valence-corrected chi connectivity index (χ4v) is 6.10. The molecule has 0 spiro atoms. The highest BCUT2D eigenvalue weighted by Crippen LogP contribution is 2.26. The second-order valence-corrected chi connectivity index (χ2v) is 12.1. The molecule has 1 N–H and O–H groups in total. The van der Waals surface area contributed by atoms with Crippen molar-refractivity contribution in [2.75, 3.05) is 17.4 Å². The van der Waals surface area contributed by atoms with Gasteiger partial charge in [-0.25, -0.2) is 8.42 Å². The van der Waals surface area contributed by atoms with E-state index in [1.165, 1.54) is 29.2 Å². The SMILES string of the molecule is CCCNC(=O)C(Cc1ccccc1)N(Cc1ccccc1)C(=O)CN(c1ccccc1)S(=O)(=O)c1ccc(Cl)cc1. The Hall–Kier alpha value is -4.14. The molecule has 0 aromatic heterocycles. The Bertz CT molecular complexity index is 1550. The molecule has 0 fully saturated rings. The van der Waals surface area contributed by atoms with Crippen LogP contribution in [0.4, 0.5) is 5.69 Å². The van der Waals surface area contributed by atoms with Crippen LogP contribution in [-0.4, -0.2) is 44.3 Å². The van der Waals surface area contributed by atoms with Crippen LogP contribution in [0.2, 0.25) is 5.02 Å². The summed E-state index contributed by atoms with van der Waals surface area (Å²) in [6, 6.07) is 32.2. The molecule has 9 heteroatoms. The summed E-state index contributed by atoms with van der Waals surface area (Å²) in [4.78, 5) is 29.4. The van der Waals surface area contributed by atoms with Gasteiger partial charge in [0.05, 0.1) is 10.6 Å². The Morgan fingerprint density at radius 2 is 1.33 bits per heavy atom. The molecule has 0 heterocycles. The van der Waals surface area contributed by atoms with Gasteiger partial charge in [-0.1, -0.05) is 97.4 Å². The molecule has 42 heavy (non-hydrogen) atoms. The van der Waals surface area contributed by atoms with Crippen LogP contribution in [0.15, 0.2) is 120 Å². The van der Waals surface area contributed by atoms with Crippen molar-refractivity contribution in [3.8, 4) is 0 Å². The first-order valence-corrected chi connectivity index (χ1v) is 15.6. The van der Waals surface area contributed by atoms with E-state index in [9.17, 15) is 18.0 Å². The third-order valence-electron chi connectivity index (χ3n) is 6.74. The van der Waals surface area contributed by atoms with E-state index < -0.39 is 28.5 Å². The lowest BCUT2D eigenvalue weighted by molar-refractivity contribution is -0.140. The van der Waals surface area contributed by atoms with Gasteiger partial charge in [0, 0.05) is 24.5 Å². The molecule has 0 aliphatic rings. The molecule has 1 unspecified atom stereocenters. The number of para-hydroxylation sites is 1. The van der Waals surface area contributed by atoms with E-state index in [-0.39, 0.29) is 23.8 Å². The Morgan fingerprint density at radius 3 is 1.90 bits per heavy atom. The molecule has 7 nitrogen and oxygen atoms in total. The minimum absolute atomic E-state index is 0.000290. The topological polar surface area (TPSA) is 86.8 Å². The summed E-state index contributed by atoms with van der Waals surface area (Å²) >= 11 is 6.02. The van der Waals surface area contributed by atoms with Gasteiger partial charge in [0.2, 0.25) is 11.8 Å². The largest absolute Gasteiger partial charge is 0.354 e. The van der Waals surface area contributed by atoms with E-state index in [0.29, 0.717) is 17.3 Å². The van der Waals surface area contributed by atoms with Crippen LogP contribution in [-0.2, 0) is 32.6 Å². The minimum atomic E-state index is -4.16. The summed E-state index contributed by atoms with van der Waals surface area (Å²) in [7, 11) is -4.16. The number of benzene rings is 4. The number of nitrogens with zero attached hydrogens (tertiary/aromatic N) is 2. The number of rotatable bonds is 13. The molecule has 0 saturated heterocycles. The number of carbonyl (C=O) groups is 2. The highest BCUT2D eigenvalue weighted by molar-refractivity contribution is 7.92. The van der Waals surface area contributed by atoms with Gasteiger partial charge in [0.15, 0.2) is 0 Å². The minimum Gasteiger partial charge on any atom is -0.354 e. The molecule has 4 aromatic carbocycles. The number of hydrogen-bond acceptors (Lipinski definition) is 4. The van der Waals surface area contributed by atoms with Crippen LogP contribution in [0.1, 0.15) is 24.5 Å². The van der Waals surface area contributed by atoms with Crippen LogP contribution >= 0.6 is 11.6 Å². The van der Waals surface area contributed by atoms with Crippen molar-refractivity contribution < 1.29 is 18.0 Å². The van der Waals surface area contributed by atoms with Gasteiger partial charge in [-0.3, -0.25) is 13.9 Å². The average Bonchev–Trinajstić information content (AvgIpc) is 3.01. The predicted molar refractivity (Wildman–Crippen MR) is 167 cm³/mol. The van der Waals surface area contributed by atoms with Gasteiger partial charge in [-0.15, -0.1) is 0 Å². The Balaban J connectivity index is 1.76. The molecule has 0 aliphatic carbocycles. The second kappa shape index (κ2) is 14.7. The van der Waals surface area contributed by atoms with E-state index >= 15 is 0 Å². The average molecular weight is 604 g/mol. The summed E-state index contributed by atoms with van der Waals surface area (Å²) in [5, 5.41) is 3.34. The standard InChI is InChI=1S/C33H34ClN3O4S/c1-2-22-35-33(39)31(23-26-12-6-3-7-13-26)36(24-27-14-8-4-9-15-27)32(38)25-37(29-16-10-5-11-17-29)42(40,41)30-20-18-28(34)19-21-30/h3-21,31H,2,22-25H2,1H3,(H,35,39). The maximum atomic E-state index is 14.3. The molecule has 218 valence electrons. The highest BCUT2D eigenvalue weighted by atomic mass is 35.5. The van der Waals surface area contributed by atoms with Crippen molar-refractivity contribution in [2.24, 2.45) is 0 Å². The molecule has 0 radical (unpaired) electrons. The number of anilines is 1. The van der Waals surface area contributed by atoms with Crippen molar-refractivity contribution in [3.05, 3.63) is 131 Å². The first kappa shape index (κ1) is 30.8. The molecule has 1 atom stereocenters. The lowest BCUT2D eigenvalue weighted by Gasteiger charge is -2.34. The number of halogens is 1. The smallest absolute Gasteiger partial charge is 0.264 e. The number of carbonyl (C=O) groups excluding carboxylic acids is 2. The van der Waals surface area contributed by atoms with Crippen molar-refractivity contribution in [2.45, 2.75) is 37.2 Å². The normalized spacial score (nSPS) is 11.9. The monoisotopic (exact) mass is 603 g/mol. The molecule has 4 aromatic rings. The summed E-state index contributed by atoms with van der Waals surface area (Å²) in [5.41, 5.74) is 2.03. The molecule has 0 bridgehead atoms. The van der Waals surface area contributed by atoms with Crippen molar-refractivity contribution in [1.29, 1.82) is 0 Å². The quantitative estimate of drug-likeness (QED) is 0.212. The number of amides is 2. The Labute approximate surface area is 252 Å². The lowest BCUT2D eigenvalue weighted by Crippen LogP contribution is -2.53. The van der Waals surface area contributed by atoms with E-state index in [1.54, 1.807) is 30.3 Å². The van der Waals surface area contributed by atoms with Crippen LogP contribution in [0, 0.1) is 0 Å². The van der Waals surface area contributed by atoms with Gasteiger partial charge in [0.25, 0.3) is 10.0 Å². The third kappa shape index (κ3) is 7.99. The fourth-order valence-electron chi connectivity index (χ4n) is 4.56. The Kier molecular flexibility index (Phi) is 10.8. The van der Waals surface area contributed by atoms with E-state index in [0.717, 1.165) is 21.9 Å². The maximum Gasteiger partial charge on any atom is 0.264 e. The molecular weight excluding hydrogens is 570 g/mol. The van der Waals surface area contributed by atoms with E-state index in [4.69, 9.17) is 11.6 Å². The third-order valence-corrected chi connectivity index (χ3v) is 8.78. The van der Waals surface area contributed by atoms with Gasteiger partial charge in [-0.2, -0.15) is 0 Å². The summed E-state index contributed by atoms with van der Waals surface area (Å²) in [6.45, 7) is 2.03. The molecule has 0 aliphatic heterocycles. The second-order valence-electron chi connectivity index (χ2n) is 9.80. The molecule has 4 rings (SSSR count). The molecular formula is C33H34ClN3O4S. The number of sulfonamides is 1. The van der Waals surface area contributed by atoms with Crippen molar-refractivity contribution in [3.63, 3.8) is 0 Å². The van der Waals surface area contributed by atoms with E-state index in [2.05, 4.69) is 5.32 Å². The maximum absolute atomic E-state index is 14.3.